The van der Waals surface area contributed by atoms with Gasteiger partial charge in [-0.25, -0.2) is 0 Å². The number of ether oxygens (including phenoxy) is 2. The molecule has 0 radical (unpaired) electrons. The van der Waals surface area contributed by atoms with Crippen molar-refractivity contribution in [2.75, 3.05) is 13.2 Å². The van der Waals surface area contributed by atoms with Gasteiger partial charge in [0.05, 0.1) is 6.10 Å². The van der Waals surface area contributed by atoms with Crippen molar-refractivity contribution in [2.45, 2.75) is 76.9 Å². The van der Waals surface area contributed by atoms with Gasteiger partial charge in [-0.1, -0.05) is 43.3 Å². The van der Waals surface area contributed by atoms with Crippen LogP contribution in [0.2, 0.25) is 0 Å². The third kappa shape index (κ3) is 4.22. The molecule has 5 rings (SSSR count). The van der Waals surface area contributed by atoms with Crippen LogP contribution in [0.3, 0.4) is 0 Å². The molecule has 32 heavy (non-hydrogen) atoms. The normalized spacial score (nSPS) is 31.3. The molecule has 5 atom stereocenters. The predicted molar refractivity (Wildman–Crippen MR) is 128 cm³/mol. The number of rotatable bonds is 7. The van der Waals surface area contributed by atoms with Gasteiger partial charge < -0.3 is 14.6 Å². The summed E-state index contributed by atoms with van der Waals surface area (Å²) in [4.78, 5) is 0. The number of hydrogen-bond donors (Lipinski definition) is 1. The Kier molecular flexibility index (Phi) is 6.57. The molecule has 3 nitrogen and oxygen atoms in total. The lowest BCUT2D eigenvalue weighted by Gasteiger charge is -2.48. The summed E-state index contributed by atoms with van der Waals surface area (Å²) in [6.07, 6.45) is 9.93. The first-order valence-corrected chi connectivity index (χ1v) is 12.7. The number of aryl methyl sites for hydroxylation is 1. The second-order valence-electron chi connectivity index (χ2n) is 10.5. The van der Waals surface area contributed by atoms with E-state index in [4.69, 9.17) is 14.6 Å². The summed E-state index contributed by atoms with van der Waals surface area (Å²) in [6.45, 7) is 4.05. The average Bonchev–Trinajstić information content (AvgIpc) is 3.04. The van der Waals surface area contributed by atoms with E-state index in [0.29, 0.717) is 30.7 Å². The van der Waals surface area contributed by atoms with Crippen LogP contribution in [0.5, 0.6) is 5.75 Å². The van der Waals surface area contributed by atoms with Gasteiger partial charge in [0.2, 0.25) is 0 Å². The third-order valence-corrected chi connectivity index (χ3v) is 8.72. The van der Waals surface area contributed by atoms with Gasteiger partial charge in [0.15, 0.2) is 0 Å². The van der Waals surface area contributed by atoms with E-state index in [1.807, 2.05) is 6.07 Å². The molecule has 0 saturated heterocycles. The first-order valence-electron chi connectivity index (χ1n) is 12.7. The predicted octanol–water partition coefficient (Wildman–Crippen LogP) is 6.28. The average molecular weight is 435 g/mol. The van der Waals surface area contributed by atoms with Crippen LogP contribution in [0.15, 0.2) is 48.5 Å². The van der Waals surface area contributed by atoms with Crippen molar-refractivity contribution in [3.05, 3.63) is 65.2 Å². The molecule has 3 aliphatic carbocycles. The zero-order valence-corrected chi connectivity index (χ0v) is 19.5. The molecule has 2 aromatic carbocycles. The van der Waals surface area contributed by atoms with E-state index in [0.717, 1.165) is 24.0 Å². The Bertz CT molecular complexity index is 895. The molecule has 0 aliphatic heterocycles. The quantitative estimate of drug-likeness (QED) is 0.521. The van der Waals surface area contributed by atoms with Crippen LogP contribution in [0.25, 0.3) is 0 Å². The summed E-state index contributed by atoms with van der Waals surface area (Å²) >= 11 is 0. The first-order chi connectivity index (χ1) is 15.7. The van der Waals surface area contributed by atoms with Crippen molar-refractivity contribution < 1.29 is 14.6 Å². The molecule has 2 saturated carbocycles. The Morgan fingerprint density at radius 3 is 2.75 bits per heavy atom. The minimum absolute atomic E-state index is 0.228. The molecule has 172 valence electrons. The van der Waals surface area contributed by atoms with Crippen LogP contribution in [0, 0.1) is 17.3 Å². The molecule has 0 spiro atoms. The van der Waals surface area contributed by atoms with Crippen LogP contribution in [0.1, 0.15) is 74.5 Å². The van der Waals surface area contributed by atoms with E-state index < -0.39 is 0 Å². The smallest absolute Gasteiger partial charge is 0.120 e. The summed E-state index contributed by atoms with van der Waals surface area (Å²) in [5.41, 5.74) is 4.62. The van der Waals surface area contributed by atoms with Crippen LogP contribution in [-0.4, -0.2) is 24.4 Å². The van der Waals surface area contributed by atoms with E-state index in [9.17, 15) is 0 Å². The highest BCUT2D eigenvalue weighted by Gasteiger charge is 2.54. The van der Waals surface area contributed by atoms with Crippen molar-refractivity contribution >= 4 is 0 Å². The molecular weight excluding hydrogens is 396 g/mol. The molecule has 0 bridgehead atoms. The van der Waals surface area contributed by atoms with Crippen molar-refractivity contribution in [2.24, 2.45) is 17.3 Å². The highest BCUT2D eigenvalue weighted by Crippen LogP contribution is 2.61. The van der Waals surface area contributed by atoms with Crippen molar-refractivity contribution in [3.63, 3.8) is 0 Å². The molecule has 3 heteroatoms. The fourth-order valence-electron chi connectivity index (χ4n) is 7.11. The van der Waals surface area contributed by atoms with Crippen molar-refractivity contribution in [3.8, 4) is 5.75 Å². The zero-order valence-electron chi connectivity index (χ0n) is 19.5. The fraction of sp³-hybridized carbons (Fsp3) is 0.586. The van der Waals surface area contributed by atoms with E-state index in [-0.39, 0.29) is 6.61 Å². The highest BCUT2D eigenvalue weighted by atomic mass is 16.5. The molecule has 1 N–H and O–H groups in total. The van der Waals surface area contributed by atoms with Gasteiger partial charge in [-0.2, -0.15) is 0 Å². The van der Waals surface area contributed by atoms with E-state index in [1.165, 1.54) is 56.1 Å². The summed E-state index contributed by atoms with van der Waals surface area (Å²) in [5, 5.41) is 9.14. The van der Waals surface area contributed by atoms with Gasteiger partial charge >= 0.3 is 0 Å². The topological polar surface area (TPSA) is 38.7 Å². The van der Waals surface area contributed by atoms with Gasteiger partial charge in [-0.15, -0.1) is 0 Å². The molecule has 2 aromatic rings. The maximum atomic E-state index is 9.14. The molecule has 3 aliphatic rings. The van der Waals surface area contributed by atoms with Crippen LogP contribution in [-0.2, 0) is 17.8 Å². The van der Waals surface area contributed by atoms with Crippen LogP contribution >= 0.6 is 0 Å². The molecule has 2 fully saturated rings. The van der Waals surface area contributed by atoms with Crippen molar-refractivity contribution in [1.29, 1.82) is 0 Å². The van der Waals surface area contributed by atoms with Gasteiger partial charge in [0.1, 0.15) is 12.4 Å². The summed E-state index contributed by atoms with van der Waals surface area (Å²) < 4.78 is 12.4. The minimum Gasteiger partial charge on any atom is -0.489 e. The maximum absolute atomic E-state index is 9.14. The Balaban J connectivity index is 1.31. The lowest BCUT2D eigenvalue weighted by Crippen LogP contribution is -2.43. The first kappa shape index (κ1) is 22.0. The van der Waals surface area contributed by atoms with Crippen LogP contribution in [0.4, 0.5) is 0 Å². The minimum atomic E-state index is 0.228. The SMILES string of the molecule is C[C@]12CC[C@@H]3c4ccc(OCc5ccccc5)cc4CCC[C@@H]3[C@@H]1CC[C@@H]2OCCCO. The monoisotopic (exact) mass is 434 g/mol. The second-order valence-corrected chi connectivity index (χ2v) is 10.5. The lowest BCUT2D eigenvalue weighted by molar-refractivity contribution is -0.0648. The van der Waals surface area contributed by atoms with E-state index in [1.54, 1.807) is 5.56 Å². The highest BCUT2D eigenvalue weighted by molar-refractivity contribution is 5.40. The second kappa shape index (κ2) is 9.57. The van der Waals surface area contributed by atoms with Crippen molar-refractivity contribution in [1.82, 2.24) is 0 Å². The largest absolute Gasteiger partial charge is 0.489 e. The van der Waals surface area contributed by atoms with Gasteiger partial charge in [0, 0.05) is 13.2 Å². The van der Waals surface area contributed by atoms with Gasteiger partial charge in [-0.05, 0) is 103 Å². The molecule has 0 aromatic heterocycles. The summed E-state index contributed by atoms with van der Waals surface area (Å²) in [7, 11) is 0. The number of fused-ring (bicyclic) bond motifs is 5. The Morgan fingerprint density at radius 1 is 1.03 bits per heavy atom. The molecule has 0 unspecified atom stereocenters. The number of hydrogen-bond acceptors (Lipinski definition) is 3. The maximum Gasteiger partial charge on any atom is 0.120 e. The Morgan fingerprint density at radius 2 is 1.91 bits per heavy atom. The standard InChI is InChI=1S/C29H38O3/c1-29-16-15-25-24-12-11-23(32-20-21-7-3-2-4-8-21)19-22(24)9-5-10-26(25)27(29)13-14-28(29)31-18-6-17-30/h2-4,7-8,11-12,19,25-28,30H,5-6,9-10,13-18,20H2,1H3/t25-,26+,27+,28+,29+/m1/s1. The zero-order chi connectivity index (χ0) is 22.0. The van der Waals surface area contributed by atoms with Gasteiger partial charge in [0.25, 0.3) is 0 Å². The fourth-order valence-corrected chi connectivity index (χ4v) is 7.11. The van der Waals surface area contributed by atoms with E-state index >= 15 is 0 Å². The summed E-state index contributed by atoms with van der Waals surface area (Å²) in [5.74, 6) is 3.23. The number of benzene rings is 2. The lowest BCUT2D eigenvalue weighted by atomic mass is 9.58. The Hall–Kier alpha value is -1.84. The molecule has 0 amide bonds. The number of aliphatic hydroxyl groups is 1. The summed E-state index contributed by atoms with van der Waals surface area (Å²) in [6, 6.07) is 17.3. The molecule has 0 heterocycles. The Labute approximate surface area is 193 Å². The third-order valence-electron chi connectivity index (χ3n) is 8.72. The van der Waals surface area contributed by atoms with E-state index in [2.05, 4.69) is 49.4 Å². The van der Waals surface area contributed by atoms with Crippen LogP contribution < -0.4 is 4.74 Å². The molecular formula is C29H38O3. The number of aliphatic hydroxyl groups excluding tert-OH is 1. The van der Waals surface area contributed by atoms with Gasteiger partial charge in [-0.3, -0.25) is 0 Å².